The third kappa shape index (κ3) is 4.80. The molecular formula is C27H27N2O4+. The normalized spacial score (nSPS) is 14.3. The number of hydrogen-bond donors (Lipinski definition) is 1. The van der Waals surface area contributed by atoms with Gasteiger partial charge in [-0.1, -0.05) is 36.4 Å². The second-order valence-electron chi connectivity index (χ2n) is 8.07. The van der Waals surface area contributed by atoms with Gasteiger partial charge in [-0.2, -0.15) is 0 Å². The molecule has 2 aromatic carbocycles. The summed E-state index contributed by atoms with van der Waals surface area (Å²) in [6, 6.07) is 21.1. The number of pyridine rings is 1. The van der Waals surface area contributed by atoms with Crippen LogP contribution in [0.15, 0.2) is 78.5 Å². The van der Waals surface area contributed by atoms with Gasteiger partial charge in [0.15, 0.2) is 7.05 Å². The number of esters is 1. The molecule has 1 aliphatic rings. The molecule has 0 fully saturated rings. The van der Waals surface area contributed by atoms with Crippen molar-refractivity contribution >= 4 is 17.3 Å². The van der Waals surface area contributed by atoms with Crippen molar-refractivity contribution in [1.29, 1.82) is 0 Å². The van der Waals surface area contributed by atoms with Crippen LogP contribution >= 0.6 is 0 Å². The summed E-state index contributed by atoms with van der Waals surface area (Å²) in [5.41, 5.74) is 4.83. The number of hydrogen-bond acceptors (Lipinski definition) is 5. The van der Waals surface area contributed by atoms with E-state index in [1.807, 2.05) is 66.7 Å². The summed E-state index contributed by atoms with van der Waals surface area (Å²) in [5, 5.41) is 10.5. The van der Waals surface area contributed by atoms with Gasteiger partial charge in [0.25, 0.3) is 5.71 Å². The Bertz CT molecular complexity index is 1210. The van der Waals surface area contributed by atoms with E-state index in [0.717, 1.165) is 27.1 Å². The zero-order chi connectivity index (χ0) is 23.4. The Labute approximate surface area is 193 Å². The maximum Gasteiger partial charge on any atom is 0.346 e. The van der Waals surface area contributed by atoms with Gasteiger partial charge in [-0.15, -0.1) is 0 Å². The van der Waals surface area contributed by atoms with Crippen LogP contribution in [0.2, 0.25) is 0 Å². The molecule has 1 aromatic heterocycles. The van der Waals surface area contributed by atoms with Crippen LogP contribution in [0.5, 0.6) is 5.75 Å². The number of hydroxylamine groups is 1. The summed E-state index contributed by atoms with van der Waals surface area (Å²) in [6.07, 6.45) is 2.15. The van der Waals surface area contributed by atoms with Crippen molar-refractivity contribution in [2.24, 2.45) is 0 Å². The Morgan fingerprint density at radius 1 is 1.03 bits per heavy atom. The van der Waals surface area contributed by atoms with E-state index >= 15 is 0 Å². The second-order valence-corrected chi connectivity index (χ2v) is 8.07. The highest BCUT2D eigenvalue weighted by Crippen LogP contribution is 2.40. The van der Waals surface area contributed by atoms with Crippen molar-refractivity contribution in [2.75, 3.05) is 13.7 Å². The number of benzene rings is 2. The van der Waals surface area contributed by atoms with Crippen LogP contribution in [0.3, 0.4) is 0 Å². The summed E-state index contributed by atoms with van der Waals surface area (Å²) in [5.74, 6) is 0.170. The van der Waals surface area contributed by atoms with Crippen molar-refractivity contribution in [3.05, 3.63) is 101 Å². The summed E-state index contributed by atoms with van der Waals surface area (Å²) in [4.78, 5) is 17.5. The van der Waals surface area contributed by atoms with Gasteiger partial charge in [0.1, 0.15) is 11.3 Å². The van der Waals surface area contributed by atoms with Crippen LogP contribution in [-0.4, -0.2) is 46.4 Å². The SMILES string of the molecule is CC(C)OC(=O)C1=C(c2ccccc2)c2ccc(OCCc3ccccn3)cc2/C1=[N+](/C)O. The minimum absolute atomic E-state index is 0.290. The Hall–Kier alpha value is -3.93. The second kappa shape index (κ2) is 9.69. The Kier molecular flexibility index (Phi) is 6.54. The van der Waals surface area contributed by atoms with E-state index < -0.39 is 5.97 Å². The van der Waals surface area contributed by atoms with E-state index in [2.05, 4.69) is 4.98 Å². The van der Waals surface area contributed by atoms with Gasteiger partial charge < -0.3 is 9.47 Å². The van der Waals surface area contributed by atoms with E-state index in [9.17, 15) is 10.0 Å². The molecule has 3 aromatic rings. The maximum absolute atomic E-state index is 13.2. The molecule has 4 rings (SSSR count). The lowest BCUT2D eigenvalue weighted by atomic mass is 9.97. The molecule has 0 radical (unpaired) electrons. The number of rotatable bonds is 7. The number of carbonyl (C=O) groups excluding carboxylic acids is 1. The average molecular weight is 444 g/mol. The van der Waals surface area contributed by atoms with Gasteiger partial charge in [0, 0.05) is 23.9 Å². The van der Waals surface area contributed by atoms with Crippen LogP contribution in [0.4, 0.5) is 0 Å². The Balaban J connectivity index is 1.72. The lowest BCUT2D eigenvalue weighted by Gasteiger charge is -2.10. The summed E-state index contributed by atoms with van der Waals surface area (Å²) in [6.45, 7) is 4.07. The van der Waals surface area contributed by atoms with Gasteiger partial charge in [0.05, 0.1) is 18.3 Å². The van der Waals surface area contributed by atoms with Gasteiger partial charge in [0.2, 0.25) is 0 Å². The smallest absolute Gasteiger partial charge is 0.346 e. The number of fused-ring (bicyclic) bond motifs is 1. The molecule has 0 saturated heterocycles. The molecule has 0 atom stereocenters. The van der Waals surface area contributed by atoms with Crippen LogP contribution < -0.4 is 4.74 Å². The molecule has 0 amide bonds. The van der Waals surface area contributed by atoms with E-state index in [1.165, 1.54) is 7.05 Å². The highest BCUT2D eigenvalue weighted by molar-refractivity contribution is 6.35. The number of nitrogens with zero attached hydrogens (tertiary/aromatic N) is 2. The lowest BCUT2D eigenvalue weighted by Crippen LogP contribution is -2.24. The molecule has 0 saturated carbocycles. The molecule has 0 bridgehead atoms. The summed E-state index contributed by atoms with van der Waals surface area (Å²) >= 11 is 0. The standard InChI is InChI=1S/C27H27N2O4/c1-18(2)33-27(30)25-24(19-9-5-4-6-10-19)22-13-12-21(17-23(22)26(25)29(3)31)32-16-14-20-11-7-8-15-28-20/h4-13,15,17-18,31H,14,16H2,1-3H3/q+1/b29-26+. The minimum atomic E-state index is -0.478. The quantitative estimate of drug-likeness (QED) is 0.255. The molecule has 33 heavy (non-hydrogen) atoms. The molecule has 1 aliphatic carbocycles. The highest BCUT2D eigenvalue weighted by atomic mass is 16.5. The molecule has 0 spiro atoms. The summed E-state index contributed by atoms with van der Waals surface area (Å²) in [7, 11) is 1.50. The van der Waals surface area contributed by atoms with E-state index in [4.69, 9.17) is 9.47 Å². The first-order valence-corrected chi connectivity index (χ1v) is 10.9. The van der Waals surface area contributed by atoms with Gasteiger partial charge in [-0.3, -0.25) is 10.2 Å². The zero-order valence-electron chi connectivity index (χ0n) is 19.0. The average Bonchev–Trinajstić information content (AvgIpc) is 3.15. The highest BCUT2D eigenvalue weighted by Gasteiger charge is 2.40. The predicted molar refractivity (Wildman–Crippen MR) is 126 cm³/mol. The van der Waals surface area contributed by atoms with Crippen molar-refractivity contribution in [1.82, 2.24) is 4.98 Å². The van der Waals surface area contributed by atoms with Crippen molar-refractivity contribution in [3.8, 4) is 5.75 Å². The largest absolute Gasteiger partial charge is 0.493 e. The number of aromatic nitrogens is 1. The predicted octanol–water partition coefficient (Wildman–Crippen LogP) is 4.29. The van der Waals surface area contributed by atoms with Gasteiger partial charge >= 0.3 is 5.97 Å². The number of carbonyl (C=O) groups is 1. The molecule has 168 valence electrons. The van der Waals surface area contributed by atoms with Crippen molar-refractivity contribution < 1.29 is 24.2 Å². The van der Waals surface area contributed by atoms with Crippen LogP contribution in [0.25, 0.3) is 5.57 Å². The molecule has 6 nitrogen and oxygen atoms in total. The first-order chi connectivity index (χ1) is 16.0. The van der Waals surface area contributed by atoms with Crippen molar-refractivity contribution in [2.45, 2.75) is 26.4 Å². The van der Waals surface area contributed by atoms with E-state index in [0.29, 0.717) is 35.6 Å². The Morgan fingerprint density at radius 3 is 2.45 bits per heavy atom. The zero-order valence-corrected chi connectivity index (χ0v) is 19.0. The lowest BCUT2D eigenvalue weighted by molar-refractivity contribution is -0.753. The molecule has 1 heterocycles. The molecule has 0 aliphatic heterocycles. The maximum atomic E-state index is 13.2. The first-order valence-electron chi connectivity index (χ1n) is 10.9. The van der Waals surface area contributed by atoms with Crippen molar-refractivity contribution in [3.63, 3.8) is 0 Å². The fourth-order valence-corrected chi connectivity index (χ4v) is 3.95. The van der Waals surface area contributed by atoms with Crippen LogP contribution in [0.1, 0.15) is 36.2 Å². The topological polar surface area (TPSA) is 71.7 Å². The number of ether oxygens (including phenoxy) is 2. The molecular weight excluding hydrogens is 416 g/mol. The van der Waals surface area contributed by atoms with Gasteiger partial charge in [-0.05, 0) is 60.0 Å². The third-order valence-corrected chi connectivity index (χ3v) is 5.29. The Morgan fingerprint density at radius 2 is 1.79 bits per heavy atom. The monoisotopic (exact) mass is 443 g/mol. The van der Waals surface area contributed by atoms with E-state index in [1.54, 1.807) is 20.0 Å². The van der Waals surface area contributed by atoms with Crippen LogP contribution in [-0.2, 0) is 16.0 Å². The fraction of sp³-hybridized carbons (Fsp3) is 0.222. The minimum Gasteiger partial charge on any atom is -0.493 e. The van der Waals surface area contributed by atoms with E-state index in [-0.39, 0.29) is 6.10 Å². The van der Waals surface area contributed by atoms with Crippen LogP contribution in [0, 0.1) is 0 Å². The fourth-order valence-electron chi connectivity index (χ4n) is 3.95. The third-order valence-electron chi connectivity index (χ3n) is 5.29. The summed E-state index contributed by atoms with van der Waals surface area (Å²) < 4.78 is 12.5. The van der Waals surface area contributed by atoms with Gasteiger partial charge in [-0.25, -0.2) is 4.79 Å². The molecule has 1 N–H and O–H groups in total. The first kappa shape index (κ1) is 22.3. The molecule has 0 unspecified atom stereocenters. The molecule has 6 heteroatoms.